The maximum atomic E-state index is 13.8. The average Bonchev–Trinajstić information content (AvgIpc) is 4.16. The van der Waals surface area contributed by atoms with Crippen LogP contribution >= 0.6 is 0 Å². The summed E-state index contributed by atoms with van der Waals surface area (Å²) in [5.74, 6) is 3.33. The van der Waals surface area contributed by atoms with Crippen LogP contribution in [0.5, 0.6) is 17.2 Å². The van der Waals surface area contributed by atoms with Gasteiger partial charge in [0.25, 0.3) is 5.91 Å². The zero-order valence-corrected chi connectivity index (χ0v) is 46.7. The van der Waals surface area contributed by atoms with E-state index >= 15 is 0 Å². The van der Waals surface area contributed by atoms with Gasteiger partial charge in [-0.2, -0.15) is 0 Å². The quantitative estimate of drug-likeness (QED) is 0.0369. The summed E-state index contributed by atoms with van der Waals surface area (Å²) in [5, 5.41) is 20.8. The lowest BCUT2D eigenvalue weighted by atomic mass is 10.1. The van der Waals surface area contributed by atoms with E-state index in [0.29, 0.717) is 54.0 Å². The van der Waals surface area contributed by atoms with Crippen LogP contribution in [0, 0.1) is 0 Å². The van der Waals surface area contributed by atoms with Crippen molar-refractivity contribution in [2.24, 2.45) is 0 Å². The standard InChI is InChI=1S/C65H91N5O6/c1-4-7-10-13-16-19-22-25-28-31-46-72-58-40-34-52(35-41-58)61(71)66-57-50-55(64-69-67-62(75-64)53-36-42-59(43-37-53)73-47-32-29-26-23-20-17-14-11-8-5-2)49-56(51-57)65-70-68-63(76-65)54-38-44-60(45-39-54)74-48-33-30-27-24-21-18-15-12-9-6-3/h34-45,49-51H,4-33,46-48H2,1-3H3,(H,66,71). The molecule has 6 aromatic rings. The van der Waals surface area contributed by atoms with Crippen LogP contribution in [-0.4, -0.2) is 46.1 Å². The molecular formula is C65H91N5O6. The number of benzene rings is 4. The number of unbranched alkanes of at least 4 members (excludes halogenated alkanes) is 27. The highest BCUT2D eigenvalue weighted by molar-refractivity contribution is 6.04. The number of nitrogens with one attached hydrogen (secondary N) is 1. The first-order chi connectivity index (χ1) is 37.5. The van der Waals surface area contributed by atoms with Crippen LogP contribution < -0.4 is 19.5 Å². The van der Waals surface area contributed by atoms with E-state index in [1.165, 1.54) is 167 Å². The number of anilines is 1. The SMILES string of the molecule is CCCCCCCCCCCCOc1ccc(C(=O)Nc2cc(-c3nnc(-c4ccc(OCCCCCCCCCCCC)cc4)o3)cc(-c3nnc(-c4ccc(OCCCCCCCCCCCC)cc4)o3)c2)cc1. The largest absolute Gasteiger partial charge is 0.494 e. The van der Waals surface area contributed by atoms with Gasteiger partial charge in [0.1, 0.15) is 17.2 Å². The second kappa shape index (κ2) is 36.1. The Morgan fingerprint density at radius 1 is 0.355 bits per heavy atom. The molecule has 6 rings (SSSR count). The molecule has 4 aromatic carbocycles. The number of hydrogen-bond donors (Lipinski definition) is 1. The predicted molar refractivity (Wildman–Crippen MR) is 310 cm³/mol. The van der Waals surface area contributed by atoms with Crippen molar-refractivity contribution in [1.29, 1.82) is 0 Å². The van der Waals surface area contributed by atoms with Crippen molar-refractivity contribution >= 4 is 11.6 Å². The summed E-state index contributed by atoms with van der Waals surface area (Å²) in [7, 11) is 0. The molecule has 76 heavy (non-hydrogen) atoms. The molecule has 2 aromatic heterocycles. The molecule has 0 radical (unpaired) electrons. The third kappa shape index (κ3) is 22.3. The fraction of sp³-hybridized carbons (Fsp3) is 0.554. The van der Waals surface area contributed by atoms with Gasteiger partial charge in [-0.05, 0) is 110 Å². The molecule has 0 saturated heterocycles. The molecule has 412 valence electrons. The van der Waals surface area contributed by atoms with Crippen LogP contribution in [-0.2, 0) is 0 Å². The Labute approximate surface area is 456 Å². The predicted octanol–water partition coefficient (Wildman–Crippen LogP) is 19.3. The Hall–Kier alpha value is -5.97. The zero-order chi connectivity index (χ0) is 53.1. The molecule has 0 aliphatic rings. The van der Waals surface area contributed by atoms with Crippen molar-refractivity contribution in [2.45, 2.75) is 213 Å². The fourth-order valence-corrected chi connectivity index (χ4v) is 9.49. The highest BCUT2D eigenvalue weighted by atomic mass is 16.5. The zero-order valence-electron chi connectivity index (χ0n) is 46.7. The molecule has 0 aliphatic carbocycles. The molecule has 1 N–H and O–H groups in total. The van der Waals surface area contributed by atoms with Gasteiger partial charge in [-0.1, -0.05) is 194 Å². The van der Waals surface area contributed by atoms with Crippen molar-refractivity contribution in [3.05, 3.63) is 96.6 Å². The summed E-state index contributed by atoms with van der Waals surface area (Å²) >= 11 is 0. The van der Waals surface area contributed by atoms with Crippen LogP contribution in [0.3, 0.4) is 0 Å². The van der Waals surface area contributed by atoms with E-state index in [-0.39, 0.29) is 17.7 Å². The van der Waals surface area contributed by atoms with E-state index in [1.807, 2.05) is 66.7 Å². The van der Waals surface area contributed by atoms with Gasteiger partial charge in [0.2, 0.25) is 23.6 Å². The first kappa shape index (κ1) is 59.3. The lowest BCUT2D eigenvalue weighted by molar-refractivity contribution is 0.102. The number of rotatable bonds is 42. The molecule has 11 heteroatoms. The van der Waals surface area contributed by atoms with Crippen molar-refractivity contribution in [3.8, 4) is 63.1 Å². The number of ether oxygens (including phenoxy) is 3. The van der Waals surface area contributed by atoms with E-state index in [9.17, 15) is 4.79 Å². The number of hydrogen-bond acceptors (Lipinski definition) is 10. The summed E-state index contributed by atoms with van der Waals surface area (Å²) in [4.78, 5) is 13.8. The van der Waals surface area contributed by atoms with E-state index in [0.717, 1.165) is 54.1 Å². The molecule has 2 heterocycles. The van der Waals surface area contributed by atoms with Crippen molar-refractivity contribution in [2.75, 3.05) is 25.1 Å². The van der Waals surface area contributed by atoms with Crippen LogP contribution in [0.2, 0.25) is 0 Å². The van der Waals surface area contributed by atoms with Gasteiger partial charge in [0, 0.05) is 33.5 Å². The summed E-state index contributed by atoms with van der Waals surface area (Å²) in [6, 6.07) is 28.2. The molecule has 0 bridgehead atoms. The van der Waals surface area contributed by atoms with E-state index in [4.69, 9.17) is 23.0 Å². The number of carbonyl (C=O) groups excluding carboxylic acids is 1. The highest BCUT2D eigenvalue weighted by Gasteiger charge is 2.19. The minimum absolute atomic E-state index is 0.269. The summed E-state index contributed by atoms with van der Waals surface area (Å²) in [6.45, 7) is 8.83. The molecule has 0 saturated carbocycles. The number of aromatic nitrogens is 4. The van der Waals surface area contributed by atoms with Crippen LogP contribution in [0.15, 0.2) is 99.8 Å². The Balaban J connectivity index is 1.05. The molecule has 11 nitrogen and oxygen atoms in total. The van der Waals surface area contributed by atoms with Crippen LogP contribution in [0.25, 0.3) is 45.8 Å². The lowest BCUT2D eigenvalue weighted by Crippen LogP contribution is -2.12. The Kier molecular flexibility index (Phi) is 28.2. The Morgan fingerprint density at radius 2 is 0.632 bits per heavy atom. The first-order valence-corrected chi connectivity index (χ1v) is 29.9. The van der Waals surface area contributed by atoms with Crippen molar-refractivity contribution < 1.29 is 27.8 Å². The van der Waals surface area contributed by atoms with Gasteiger partial charge >= 0.3 is 0 Å². The third-order valence-corrected chi connectivity index (χ3v) is 14.2. The lowest BCUT2D eigenvalue weighted by Gasteiger charge is -2.10. The Morgan fingerprint density at radius 3 is 0.947 bits per heavy atom. The van der Waals surface area contributed by atoms with Gasteiger partial charge in [-0.3, -0.25) is 4.79 Å². The molecule has 0 aliphatic heterocycles. The van der Waals surface area contributed by atoms with Crippen LogP contribution in [0.4, 0.5) is 5.69 Å². The minimum Gasteiger partial charge on any atom is -0.494 e. The van der Waals surface area contributed by atoms with Gasteiger partial charge in [0.15, 0.2) is 0 Å². The van der Waals surface area contributed by atoms with Gasteiger partial charge < -0.3 is 28.4 Å². The molecule has 1 amide bonds. The Bertz CT molecular complexity index is 2320. The first-order valence-electron chi connectivity index (χ1n) is 29.9. The summed E-state index contributed by atoms with van der Waals surface area (Å²) in [6.07, 6.45) is 38.5. The monoisotopic (exact) mass is 1040 g/mol. The number of nitrogens with zero attached hydrogens (tertiary/aromatic N) is 4. The average molecular weight is 1040 g/mol. The van der Waals surface area contributed by atoms with Crippen molar-refractivity contribution in [1.82, 2.24) is 20.4 Å². The summed E-state index contributed by atoms with van der Waals surface area (Å²) in [5.41, 5.74) is 3.66. The second-order valence-electron chi connectivity index (χ2n) is 20.7. The summed E-state index contributed by atoms with van der Waals surface area (Å²) < 4.78 is 30.7. The van der Waals surface area contributed by atoms with E-state index in [2.05, 4.69) is 46.5 Å². The fourth-order valence-electron chi connectivity index (χ4n) is 9.49. The maximum Gasteiger partial charge on any atom is 0.255 e. The highest BCUT2D eigenvalue weighted by Crippen LogP contribution is 2.34. The molecule has 0 atom stereocenters. The maximum absolute atomic E-state index is 13.8. The van der Waals surface area contributed by atoms with E-state index < -0.39 is 0 Å². The van der Waals surface area contributed by atoms with Crippen LogP contribution in [0.1, 0.15) is 224 Å². The van der Waals surface area contributed by atoms with Gasteiger partial charge in [-0.15, -0.1) is 20.4 Å². The molecule has 0 unspecified atom stereocenters. The van der Waals surface area contributed by atoms with E-state index in [1.54, 1.807) is 24.3 Å². The number of amides is 1. The minimum atomic E-state index is -0.285. The van der Waals surface area contributed by atoms with Crippen molar-refractivity contribution in [3.63, 3.8) is 0 Å². The normalized spacial score (nSPS) is 11.3. The molecule has 0 fully saturated rings. The van der Waals surface area contributed by atoms with Gasteiger partial charge in [0.05, 0.1) is 19.8 Å². The topological polar surface area (TPSA) is 135 Å². The number of carbonyl (C=O) groups is 1. The molecule has 0 spiro atoms. The second-order valence-corrected chi connectivity index (χ2v) is 20.7. The van der Waals surface area contributed by atoms with Gasteiger partial charge in [-0.25, -0.2) is 0 Å². The molecular weight excluding hydrogens is 947 g/mol. The smallest absolute Gasteiger partial charge is 0.255 e. The third-order valence-electron chi connectivity index (χ3n) is 14.2.